The van der Waals surface area contributed by atoms with Crippen LogP contribution in [0.2, 0.25) is 0 Å². The predicted molar refractivity (Wildman–Crippen MR) is 105 cm³/mol. The Morgan fingerprint density at radius 1 is 1.15 bits per heavy atom. The number of aromatic hydroxyl groups is 1. The molecule has 1 heterocycles. The van der Waals surface area contributed by atoms with E-state index >= 15 is 0 Å². The number of hydrogen-bond acceptors (Lipinski definition) is 6. The Morgan fingerprint density at radius 2 is 1.85 bits per heavy atom. The highest BCUT2D eigenvalue weighted by atomic mass is 32.2. The third-order valence-electron chi connectivity index (χ3n) is 3.95. The molecule has 0 spiro atoms. The van der Waals surface area contributed by atoms with Crippen molar-refractivity contribution in [3.05, 3.63) is 60.2 Å². The Morgan fingerprint density at radius 3 is 2.56 bits per heavy atom. The van der Waals surface area contributed by atoms with E-state index in [2.05, 4.69) is 10.2 Å². The van der Waals surface area contributed by atoms with E-state index in [4.69, 9.17) is 4.74 Å². The van der Waals surface area contributed by atoms with Gasteiger partial charge in [0.15, 0.2) is 11.0 Å². The van der Waals surface area contributed by atoms with Crippen LogP contribution in [0.1, 0.15) is 19.4 Å². The number of phenols is 1. The van der Waals surface area contributed by atoms with Crippen molar-refractivity contribution in [2.24, 2.45) is 0 Å². The zero-order valence-corrected chi connectivity index (χ0v) is 16.0. The third-order valence-corrected chi connectivity index (χ3v) is 5.00. The van der Waals surface area contributed by atoms with E-state index in [1.807, 2.05) is 41.0 Å². The summed E-state index contributed by atoms with van der Waals surface area (Å²) in [5, 5.41) is 19.0. The first-order valence-electron chi connectivity index (χ1n) is 8.69. The standard InChI is InChI=1S/C20H21N3O3S/c1-3-26-19(25)14(2)27-20-22-21-18(16-11-7-8-12-17(16)24)23(20)13-15-9-5-4-6-10-15/h4-12,14,24H,3,13H2,1-2H3/t14-/m0/s1. The highest BCUT2D eigenvalue weighted by molar-refractivity contribution is 8.00. The highest BCUT2D eigenvalue weighted by Crippen LogP contribution is 2.32. The number of esters is 1. The van der Waals surface area contributed by atoms with Crippen molar-refractivity contribution in [2.45, 2.75) is 30.8 Å². The molecule has 0 fully saturated rings. The lowest BCUT2D eigenvalue weighted by molar-refractivity contribution is -0.142. The van der Waals surface area contributed by atoms with Crippen molar-refractivity contribution in [3.8, 4) is 17.1 Å². The van der Waals surface area contributed by atoms with Gasteiger partial charge in [-0.3, -0.25) is 9.36 Å². The largest absolute Gasteiger partial charge is 0.507 e. The van der Waals surface area contributed by atoms with Crippen LogP contribution in [0.15, 0.2) is 59.8 Å². The maximum atomic E-state index is 12.0. The summed E-state index contributed by atoms with van der Waals surface area (Å²) in [5.74, 6) is 0.394. The maximum Gasteiger partial charge on any atom is 0.319 e. The van der Waals surface area contributed by atoms with Gasteiger partial charge in [-0.2, -0.15) is 0 Å². The van der Waals surface area contributed by atoms with E-state index in [1.165, 1.54) is 11.8 Å². The molecule has 0 bridgehead atoms. The number of benzene rings is 2. The van der Waals surface area contributed by atoms with Gasteiger partial charge < -0.3 is 9.84 Å². The molecule has 0 saturated heterocycles. The summed E-state index contributed by atoms with van der Waals surface area (Å²) in [6.07, 6.45) is 0. The molecular formula is C20H21N3O3S. The summed E-state index contributed by atoms with van der Waals surface area (Å²) in [5.41, 5.74) is 1.66. The Labute approximate surface area is 162 Å². The number of rotatable bonds is 7. The van der Waals surface area contributed by atoms with Gasteiger partial charge in [-0.05, 0) is 31.5 Å². The van der Waals surface area contributed by atoms with Gasteiger partial charge in [-0.15, -0.1) is 10.2 Å². The molecule has 0 radical (unpaired) electrons. The van der Waals surface area contributed by atoms with Crippen molar-refractivity contribution in [1.29, 1.82) is 0 Å². The molecule has 3 rings (SSSR count). The van der Waals surface area contributed by atoms with E-state index in [9.17, 15) is 9.90 Å². The summed E-state index contributed by atoms with van der Waals surface area (Å²) in [6, 6.07) is 16.9. The van der Waals surface area contributed by atoms with Crippen LogP contribution in [0.25, 0.3) is 11.4 Å². The van der Waals surface area contributed by atoms with Crippen LogP contribution >= 0.6 is 11.8 Å². The number of para-hydroxylation sites is 1. The molecule has 2 aromatic carbocycles. The zero-order chi connectivity index (χ0) is 19.2. The normalized spacial score (nSPS) is 11.9. The molecule has 0 aliphatic rings. The average Bonchev–Trinajstić information content (AvgIpc) is 3.05. The number of nitrogens with zero attached hydrogens (tertiary/aromatic N) is 3. The smallest absolute Gasteiger partial charge is 0.319 e. The number of carbonyl (C=O) groups is 1. The van der Waals surface area contributed by atoms with Crippen molar-refractivity contribution in [3.63, 3.8) is 0 Å². The molecule has 140 valence electrons. The molecule has 1 N–H and O–H groups in total. The van der Waals surface area contributed by atoms with E-state index in [0.29, 0.717) is 29.7 Å². The van der Waals surface area contributed by atoms with Crippen molar-refractivity contribution < 1.29 is 14.6 Å². The number of thioether (sulfide) groups is 1. The van der Waals surface area contributed by atoms with Crippen LogP contribution in [0.4, 0.5) is 0 Å². The van der Waals surface area contributed by atoms with Gasteiger partial charge in [0, 0.05) is 0 Å². The van der Waals surface area contributed by atoms with E-state index in [-0.39, 0.29) is 11.7 Å². The minimum absolute atomic E-state index is 0.134. The van der Waals surface area contributed by atoms with E-state index in [0.717, 1.165) is 5.56 Å². The van der Waals surface area contributed by atoms with Gasteiger partial charge in [-0.25, -0.2) is 0 Å². The number of carbonyl (C=O) groups excluding carboxylic acids is 1. The van der Waals surface area contributed by atoms with Crippen LogP contribution in [-0.4, -0.2) is 37.7 Å². The molecule has 27 heavy (non-hydrogen) atoms. The van der Waals surface area contributed by atoms with Gasteiger partial charge in [0.05, 0.1) is 18.7 Å². The minimum atomic E-state index is -0.416. The molecule has 1 atom stereocenters. The summed E-state index contributed by atoms with van der Waals surface area (Å²) >= 11 is 1.29. The molecule has 0 saturated carbocycles. The second-order valence-electron chi connectivity index (χ2n) is 5.91. The highest BCUT2D eigenvalue weighted by Gasteiger charge is 2.22. The molecule has 0 unspecified atom stereocenters. The fraction of sp³-hybridized carbons (Fsp3) is 0.250. The van der Waals surface area contributed by atoms with Gasteiger partial charge >= 0.3 is 5.97 Å². The topological polar surface area (TPSA) is 77.2 Å². The number of hydrogen-bond donors (Lipinski definition) is 1. The van der Waals surface area contributed by atoms with Crippen LogP contribution in [-0.2, 0) is 16.1 Å². The van der Waals surface area contributed by atoms with Crippen molar-refractivity contribution >= 4 is 17.7 Å². The Bertz CT molecular complexity index is 912. The number of aromatic nitrogens is 3. The lowest BCUT2D eigenvalue weighted by atomic mass is 10.1. The van der Waals surface area contributed by atoms with Gasteiger partial charge in [0.1, 0.15) is 11.0 Å². The number of phenolic OH excluding ortho intramolecular Hbond substituents is 1. The molecule has 6 nitrogen and oxygen atoms in total. The predicted octanol–water partition coefficient (Wildman–Crippen LogP) is 3.74. The molecule has 0 aliphatic carbocycles. The van der Waals surface area contributed by atoms with Gasteiger partial charge in [0.2, 0.25) is 0 Å². The maximum absolute atomic E-state index is 12.0. The molecule has 3 aromatic rings. The van der Waals surface area contributed by atoms with Crippen LogP contribution in [0, 0.1) is 0 Å². The monoisotopic (exact) mass is 383 g/mol. The average molecular weight is 383 g/mol. The van der Waals surface area contributed by atoms with Crippen molar-refractivity contribution in [2.75, 3.05) is 6.61 Å². The molecule has 1 aromatic heterocycles. The van der Waals surface area contributed by atoms with Crippen LogP contribution in [0.5, 0.6) is 5.75 Å². The van der Waals surface area contributed by atoms with E-state index < -0.39 is 5.25 Å². The van der Waals surface area contributed by atoms with Crippen LogP contribution in [0.3, 0.4) is 0 Å². The molecular weight excluding hydrogens is 362 g/mol. The second kappa shape index (κ2) is 8.73. The molecule has 7 heteroatoms. The molecule has 0 aliphatic heterocycles. The van der Waals surface area contributed by atoms with Crippen molar-refractivity contribution in [1.82, 2.24) is 14.8 Å². The first-order valence-corrected chi connectivity index (χ1v) is 9.57. The first-order chi connectivity index (χ1) is 13.1. The lowest BCUT2D eigenvalue weighted by Gasteiger charge is -2.13. The van der Waals surface area contributed by atoms with E-state index in [1.54, 1.807) is 32.0 Å². The Kier molecular flexibility index (Phi) is 6.13. The van der Waals surface area contributed by atoms with Crippen LogP contribution < -0.4 is 0 Å². The quantitative estimate of drug-likeness (QED) is 0.495. The first kappa shape index (κ1) is 19.0. The fourth-order valence-corrected chi connectivity index (χ4v) is 3.46. The zero-order valence-electron chi connectivity index (χ0n) is 15.2. The fourth-order valence-electron chi connectivity index (χ4n) is 2.61. The van der Waals surface area contributed by atoms with Gasteiger partial charge in [-0.1, -0.05) is 54.2 Å². The minimum Gasteiger partial charge on any atom is -0.507 e. The Hall–Kier alpha value is -2.80. The molecule has 0 amide bonds. The second-order valence-corrected chi connectivity index (χ2v) is 7.22. The third kappa shape index (κ3) is 4.49. The summed E-state index contributed by atoms with van der Waals surface area (Å²) < 4.78 is 6.99. The summed E-state index contributed by atoms with van der Waals surface area (Å²) in [4.78, 5) is 12.0. The Balaban J connectivity index is 1.98. The summed E-state index contributed by atoms with van der Waals surface area (Å²) in [6.45, 7) is 4.42. The number of ether oxygens (including phenoxy) is 1. The SMILES string of the molecule is CCOC(=O)[C@H](C)Sc1nnc(-c2ccccc2O)n1Cc1ccccc1. The van der Waals surface area contributed by atoms with Gasteiger partial charge in [0.25, 0.3) is 0 Å². The summed E-state index contributed by atoms with van der Waals surface area (Å²) in [7, 11) is 0. The lowest BCUT2D eigenvalue weighted by Crippen LogP contribution is -2.17.